The average Bonchev–Trinajstić information content (AvgIpc) is 2.12. The Morgan fingerprint density at radius 3 is 2.62 bits per heavy atom. The quantitative estimate of drug-likeness (QED) is 0.405. The molecular formula is C3H7N3S2. The van der Waals surface area contributed by atoms with Gasteiger partial charge in [-0.3, -0.25) is 4.72 Å². The Morgan fingerprint density at radius 1 is 1.62 bits per heavy atom. The molecule has 1 N–H and O–H groups in total. The second-order valence-electron chi connectivity index (χ2n) is 1.57. The van der Waals surface area contributed by atoms with Crippen LogP contribution >= 0.6 is 22.0 Å². The standard InChI is InChI=1S/C3H7N3S2/c1-6(2)3-4-7-8-5-3/h1-2H3,(H,4,5). The zero-order chi connectivity index (χ0) is 5.98. The third-order valence-corrected chi connectivity index (χ3v) is 2.00. The summed E-state index contributed by atoms with van der Waals surface area (Å²) < 4.78 is 7.06. The lowest BCUT2D eigenvalue weighted by Crippen LogP contribution is -2.28. The van der Waals surface area contributed by atoms with Crippen LogP contribution in [0, 0.1) is 0 Å². The molecule has 1 aliphatic heterocycles. The lowest BCUT2D eigenvalue weighted by atomic mass is 10.8. The maximum absolute atomic E-state index is 4.05. The summed E-state index contributed by atoms with van der Waals surface area (Å²) in [5.41, 5.74) is 0. The molecular weight excluding hydrogens is 142 g/mol. The molecule has 0 unspecified atom stereocenters. The van der Waals surface area contributed by atoms with Crippen molar-refractivity contribution in [1.29, 1.82) is 0 Å². The van der Waals surface area contributed by atoms with Gasteiger partial charge < -0.3 is 4.90 Å². The molecule has 8 heavy (non-hydrogen) atoms. The van der Waals surface area contributed by atoms with Gasteiger partial charge in [0.15, 0.2) is 0 Å². The zero-order valence-electron chi connectivity index (χ0n) is 4.71. The van der Waals surface area contributed by atoms with Gasteiger partial charge in [0.2, 0.25) is 5.96 Å². The first-order chi connectivity index (χ1) is 3.80. The Kier molecular flexibility index (Phi) is 1.90. The molecule has 0 aliphatic carbocycles. The zero-order valence-corrected chi connectivity index (χ0v) is 6.34. The summed E-state index contributed by atoms with van der Waals surface area (Å²) in [5.74, 6) is 0.931. The van der Waals surface area contributed by atoms with E-state index in [0.29, 0.717) is 0 Å². The van der Waals surface area contributed by atoms with Crippen molar-refractivity contribution in [2.45, 2.75) is 0 Å². The summed E-state index contributed by atoms with van der Waals surface area (Å²) in [5, 5.41) is 0. The van der Waals surface area contributed by atoms with Gasteiger partial charge in [-0.1, -0.05) is 0 Å². The Morgan fingerprint density at radius 2 is 2.38 bits per heavy atom. The molecule has 46 valence electrons. The largest absolute Gasteiger partial charge is 0.348 e. The second kappa shape index (κ2) is 2.50. The Labute approximate surface area is 56.6 Å². The SMILES string of the molecule is CN(C)C1=NSSN1. The van der Waals surface area contributed by atoms with Crippen LogP contribution in [0.3, 0.4) is 0 Å². The summed E-state index contributed by atoms with van der Waals surface area (Å²) in [6.45, 7) is 0. The van der Waals surface area contributed by atoms with Crippen LogP contribution in [-0.4, -0.2) is 25.0 Å². The van der Waals surface area contributed by atoms with E-state index in [1.165, 1.54) is 22.0 Å². The van der Waals surface area contributed by atoms with Crippen LogP contribution in [0.4, 0.5) is 0 Å². The summed E-state index contributed by atoms with van der Waals surface area (Å²) >= 11 is 0. The molecule has 0 spiro atoms. The van der Waals surface area contributed by atoms with E-state index < -0.39 is 0 Å². The first kappa shape index (κ1) is 6.10. The molecule has 1 aliphatic rings. The van der Waals surface area contributed by atoms with Crippen LogP contribution in [0.2, 0.25) is 0 Å². The van der Waals surface area contributed by atoms with Crippen molar-refractivity contribution in [1.82, 2.24) is 9.62 Å². The van der Waals surface area contributed by atoms with Crippen LogP contribution in [-0.2, 0) is 0 Å². The second-order valence-corrected chi connectivity index (χ2v) is 3.22. The van der Waals surface area contributed by atoms with Gasteiger partial charge in [0.05, 0.1) is 11.0 Å². The lowest BCUT2D eigenvalue weighted by Gasteiger charge is -2.08. The van der Waals surface area contributed by atoms with Gasteiger partial charge in [0.25, 0.3) is 0 Å². The third-order valence-electron chi connectivity index (χ3n) is 0.718. The average molecular weight is 149 g/mol. The van der Waals surface area contributed by atoms with Crippen LogP contribution in [0.15, 0.2) is 4.40 Å². The molecule has 1 heterocycles. The van der Waals surface area contributed by atoms with Crippen molar-refractivity contribution in [3.8, 4) is 0 Å². The first-order valence-corrected chi connectivity index (χ1v) is 4.25. The highest BCUT2D eigenvalue weighted by Crippen LogP contribution is 2.24. The Hall–Kier alpha value is -0.0300. The van der Waals surface area contributed by atoms with Crippen molar-refractivity contribution < 1.29 is 0 Å². The number of hydrogen-bond acceptors (Lipinski definition) is 5. The molecule has 0 aromatic rings. The first-order valence-electron chi connectivity index (χ1n) is 2.15. The molecule has 0 saturated heterocycles. The molecule has 0 fully saturated rings. The highest BCUT2D eigenvalue weighted by atomic mass is 33.1. The summed E-state index contributed by atoms with van der Waals surface area (Å²) in [6.07, 6.45) is 0. The molecule has 0 aromatic carbocycles. The molecule has 0 bridgehead atoms. The molecule has 0 saturated carbocycles. The molecule has 0 amide bonds. The molecule has 5 heteroatoms. The monoisotopic (exact) mass is 149 g/mol. The summed E-state index contributed by atoms with van der Waals surface area (Å²) in [4.78, 5) is 1.94. The van der Waals surface area contributed by atoms with Crippen molar-refractivity contribution in [3.63, 3.8) is 0 Å². The van der Waals surface area contributed by atoms with Crippen LogP contribution < -0.4 is 4.72 Å². The van der Waals surface area contributed by atoms with E-state index in [4.69, 9.17) is 0 Å². The van der Waals surface area contributed by atoms with Gasteiger partial charge >= 0.3 is 0 Å². The third kappa shape index (κ3) is 1.23. The van der Waals surface area contributed by atoms with E-state index in [0.717, 1.165) is 5.96 Å². The van der Waals surface area contributed by atoms with E-state index in [1.807, 2.05) is 19.0 Å². The van der Waals surface area contributed by atoms with Crippen LogP contribution in [0.5, 0.6) is 0 Å². The van der Waals surface area contributed by atoms with E-state index in [2.05, 4.69) is 9.12 Å². The fourth-order valence-corrected chi connectivity index (χ4v) is 1.68. The highest BCUT2D eigenvalue weighted by molar-refractivity contribution is 8.76. The van der Waals surface area contributed by atoms with E-state index >= 15 is 0 Å². The predicted octanol–water partition coefficient (Wildman–Crippen LogP) is 0.719. The smallest absolute Gasteiger partial charge is 0.216 e. The van der Waals surface area contributed by atoms with Gasteiger partial charge in [-0.2, -0.15) is 4.40 Å². The minimum absolute atomic E-state index is 0.931. The molecule has 0 aromatic heterocycles. The molecule has 3 nitrogen and oxygen atoms in total. The van der Waals surface area contributed by atoms with Crippen molar-refractivity contribution in [3.05, 3.63) is 0 Å². The molecule has 0 radical (unpaired) electrons. The fourth-order valence-electron chi connectivity index (χ4n) is 0.301. The normalized spacial score (nSPS) is 17.5. The minimum Gasteiger partial charge on any atom is -0.348 e. The topological polar surface area (TPSA) is 27.6 Å². The van der Waals surface area contributed by atoms with Crippen molar-refractivity contribution in [2.24, 2.45) is 4.40 Å². The Balaban J connectivity index is 2.45. The van der Waals surface area contributed by atoms with Gasteiger partial charge in [0.1, 0.15) is 0 Å². The summed E-state index contributed by atoms with van der Waals surface area (Å²) in [7, 11) is 6.91. The van der Waals surface area contributed by atoms with E-state index in [1.54, 1.807) is 0 Å². The minimum atomic E-state index is 0.931. The maximum atomic E-state index is 4.05. The predicted molar refractivity (Wildman–Crippen MR) is 39.4 cm³/mol. The number of hydrogen-bond donors (Lipinski definition) is 1. The molecule has 0 atom stereocenters. The van der Waals surface area contributed by atoms with Gasteiger partial charge in [-0.15, -0.1) is 0 Å². The maximum Gasteiger partial charge on any atom is 0.216 e. The van der Waals surface area contributed by atoms with Gasteiger partial charge in [-0.05, 0) is 0 Å². The number of guanidine groups is 1. The number of nitrogens with zero attached hydrogens (tertiary/aromatic N) is 2. The number of nitrogens with one attached hydrogen (secondary N) is 1. The fraction of sp³-hybridized carbons (Fsp3) is 0.667. The van der Waals surface area contributed by atoms with Crippen molar-refractivity contribution in [2.75, 3.05) is 14.1 Å². The highest BCUT2D eigenvalue weighted by Gasteiger charge is 2.06. The lowest BCUT2D eigenvalue weighted by molar-refractivity contribution is 0.612. The van der Waals surface area contributed by atoms with Gasteiger partial charge in [-0.25, -0.2) is 0 Å². The van der Waals surface area contributed by atoms with Gasteiger partial charge in [0, 0.05) is 25.1 Å². The Bertz CT molecular complexity index is 111. The van der Waals surface area contributed by atoms with Crippen LogP contribution in [0.25, 0.3) is 0 Å². The summed E-state index contributed by atoms with van der Waals surface area (Å²) in [6, 6.07) is 0. The van der Waals surface area contributed by atoms with E-state index in [-0.39, 0.29) is 0 Å². The van der Waals surface area contributed by atoms with Crippen LogP contribution in [0.1, 0.15) is 0 Å². The van der Waals surface area contributed by atoms with Crippen molar-refractivity contribution >= 4 is 27.9 Å². The number of rotatable bonds is 0. The van der Waals surface area contributed by atoms with E-state index in [9.17, 15) is 0 Å². The molecule has 1 rings (SSSR count).